The molecule has 2 rings (SSSR count). The number of carbonyl (C=O) groups excluding carboxylic acids is 3. The third-order valence-electron chi connectivity index (χ3n) is 4.55. The van der Waals surface area contributed by atoms with Crippen LogP contribution in [0.15, 0.2) is 18.2 Å². The lowest BCUT2D eigenvalue weighted by Crippen LogP contribution is -2.30. The lowest BCUT2D eigenvalue weighted by molar-refractivity contribution is -0.118. The van der Waals surface area contributed by atoms with Crippen LogP contribution >= 0.6 is 0 Å². The number of nitrogens with one attached hydrogen (secondary N) is 2. The molecule has 2 N–H and O–H groups in total. The van der Waals surface area contributed by atoms with E-state index < -0.39 is 33.9 Å². The molecule has 30 heavy (non-hydrogen) atoms. The summed E-state index contributed by atoms with van der Waals surface area (Å²) in [4.78, 5) is 35.7. The van der Waals surface area contributed by atoms with Gasteiger partial charge in [0.15, 0.2) is 0 Å². The van der Waals surface area contributed by atoms with Crippen molar-refractivity contribution in [3.8, 4) is 0 Å². The second-order valence-electron chi connectivity index (χ2n) is 6.95. The van der Waals surface area contributed by atoms with Crippen LogP contribution in [0.25, 0.3) is 0 Å². The number of hydrogen-bond acceptors (Lipinski definition) is 6. The third-order valence-corrected chi connectivity index (χ3v) is 6.09. The first kappa shape index (κ1) is 23.7. The molecule has 1 atom stereocenters. The Hall–Kier alpha value is -2.53. The number of amides is 3. The van der Waals surface area contributed by atoms with Gasteiger partial charge in [-0.15, -0.1) is 0 Å². The van der Waals surface area contributed by atoms with Crippen molar-refractivity contribution in [2.75, 3.05) is 25.4 Å². The minimum absolute atomic E-state index is 0.0294. The van der Waals surface area contributed by atoms with Gasteiger partial charge in [0.2, 0.25) is 15.9 Å². The molecule has 1 aliphatic heterocycles. The molecule has 0 spiro atoms. The fourth-order valence-electron chi connectivity index (χ4n) is 3.01. The predicted octanol–water partition coefficient (Wildman–Crippen LogP) is 1.70. The first-order chi connectivity index (χ1) is 14.1. The van der Waals surface area contributed by atoms with Crippen molar-refractivity contribution in [3.05, 3.63) is 35.1 Å². The molecule has 1 saturated heterocycles. The largest absolute Gasteiger partial charge is 0.462 e. The van der Waals surface area contributed by atoms with Gasteiger partial charge >= 0.3 is 12.0 Å². The molecule has 0 bridgehead atoms. The second-order valence-corrected chi connectivity index (χ2v) is 8.83. The van der Waals surface area contributed by atoms with Gasteiger partial charge in [-0.25, -0.2) is 27.1 Å². The van der Waals surface area contributed by atoms with Gasteiger partial charge < -0.3 is 9.64 Å². The molecule has 166 valence electrons. The summed E-state index contributed by atoms with van der Waals surface area (Å²) in [6, 6.07) is 2.70. The average Bonchev–Trinajstić information content (AvgIpc) is 2.98. The highest BCUT2D eigenvalue weighted by molar-refractivity contribution is 7.89. The maximum Gasteiger partial charge on any atom is 0.341 e. The van der Waals surface area contributed by atoms with Gasteiger partial charge in [0.05, 0.1) is 17.9 Å². The fraction of sp³-hybridized carbons (Fsp3) is 0.526. The Labute approximate surface area is 175 Å². The lowest BCUT2D eigenvalue weighted by Gasteiger charge is -2.16. The predicted molar refractivity (Wildman–Crippen MR) is 107 cm³/mol. The van der Waals surface area contributed by atoms with Crippen LogP contribution in [-0.2, 0) is 19.6 Å². The molecule has 1 aromatic rings. The van der Waals surface area contributed by atoms with Crippen molar-refractivity contribution in [1.29, 1.82) is 0 Å². The number of benzene rings is 1. The summed E-state index contributed by atoms with van der Waals surface area (Å²) in [5.41, 5.74) is 0.192. The highest BCUT2D eigenvalue weighted by Gasteiger charge is 2.25. The van der Waals surface area contributed by atoms with Crippen LogP contribution in [-0.4, -0.2) is 56.7 Å². The van der Waals surface area contributed by atoms with Crippen LogP contribution in [0.4, 0.5) is 9.18 Å². The Balaban J connectivity index is 1.83. The van der Waals surface area contributed by atoms with Gasteiger partial charge in [-0.05, 0) is 44.4 Å². The van der Waals surface area contributed by atoms with E-state index in [9.17, 15) is 27.2 Å². The van der Waals surface area contributed by atoms with E-state index in [-0.39, 0.29) is 30.4 Å². The molecule has 3 amide bonds. The third kappa shape index (κ3) is 6.77. The first-order valence-electron chi connectivity index (χ1n) is 9.68. The molecule has 11 heteroatoms. The number of rotatable bonds is 11. The molecule has 0 aromatic heterocycles. The molecular formula is C19H26FN3O6S. The Kier molecular flexibility index (Phi) is 8.30. The summed E-state index contributed by atoms with van der Waals surface area (Å²) in [6.07, 6.45) is 1.52. The van der Waals surface area contributed by atoms with Crippen molar-refractivity contribution in [1.82, 2.24) is 14.9 Å². The van der Waals surface area contributed by atoms with Crippen LogP contribution in [0, 0.1) is 5.82 Å². The molecule has 1 aliphatic rings. The van der Waals surface area contributed by atoms with Crippen molar-refractivity contribution in [3.63, 3.8) is 0 Å². The summed E-state index contributed by atoms with van der Waals surface area (Å²) in [7, 11) is -3.61. The van der Waals surface area contributed by atoms with Gasteiger partial charge in [-0.1, -0.05) is 12.5 Å². The van der Waals surface area contributed by atoms with Crippen LogP contribution in [0.2, 0.25) is 0 Å². The molecule has 1 aromatic carbocycles. The quantitative estimate of drug-likeness (QED) is 0.305. The monoisotopic (exact) mass is 443 g/mol. The number of sulfonamides is 1. The number of carbonyl (C=O) groups is 3. The minimum atomic E-state index is -3.61. The maximum atomic E-state index is 13.9. The number of urea groups is 1. The Morgan fingerprint density at radius 3 is 2.67 bits per heavy atom. The van der Waals surface area contributed by atoms with E-state index in [4.69, 9.17) is 4.74 Å². The average molecular weight is 443 g/mol. The number of hydrogen-bond donors (Lipinski definition) is 2. The van der Waals surface area contributed by atoms with E-state index in [2.05, 4.69) is 10.0 Å². The van der Waals surface area contributed by atoms with Gasteiger partial charge in [-0.2, -0.15) is 0 Å². The Bertz CT molecular complexity index is 906. The Morgan fingerprint density at radius 2 is 2.03 bits per heavy atom. The summed E-state index contributed by atoms with van der Waals surface area (Å²) in [5.74, 6) is -2.00. The van der Waals surface area contributed by atoms with Crippen LogP contribution in [0.3, 0.4) is 0 Å². The molecular weight excluding hydrogens is 417 g/mol. The van der Waals surface area contributed by atoms with E-state index in [0.29, 0.717) is 31.4 Å². The number of nitrogens with zero attached hydrogens (tertiary/aromatic N) is 1. The smallest absolute Gasteiger partial charge is 0.341 e. The SMILES string of the molecule is CCOC(=O)c1cc([C@@H](C)NS(=O)(=O)CCCCCN2CC(=O)NC2=O)ccc1F. The van der Waals surface area contributed by atoms with E-state index in [0.717, 1.165) is 6.07 Å². The van der Waals surface area contributed by atoms with Crippen molar-refractivity contribution in [2.45, 2.75) is 39.2 Å². The number of imide groups is 1. The second kappa shape index (κ2) is 10.5. The zero-order valence-corrected chi connectivity index (χ0v) is 17.8. The van der Waals surface area contributed by atoms with Gasteiger partial charge in [-0.3, -0.25) is 10.1 Å². The molecule has 0 saturated carbocycles. The van der Waals surface area contributed by atoms with E-state index >= 15 is 0 Å². The molecule has 0 aliphatic carbocycles. The minimum Gasteiger partial charge on any atom is -0.462 e. The number of ether oxygens (including phenoxy) is 1. The van der Waals surface area contributed by atoms with Crippen LogP contribution in [0.1, 0.15) is 55.1 Å². The molecule has 1 fully saturated rings. The number of halogens is 1. The van der Waals surface area contributed by atoms with E-state index in [1.54, 1.807) is 13.8 Å². The van der Waals surface area contributed by atoms with Crippen molar-refractivity contribution >= 4 is 27.9 Å². The molecule has 9 nitrogen and oxygen atoms in total. The number of unbranched alkanes of at least 4 members (excludes halogenated alkanes) is 2. The highest BCUT2D eigenvalue weighted by Crippen LogP contribution is 2.19. The normalized spacial score (nSPS) is 15.2. The van der Waals surface area contributed by atoms with E-state index in [1.807, 2.05) is 0 Å². The van der Waals surface area contributed by atoms with Gasteiger partial charge in [0.25, 0.3) is 0 Å². The summed E-state index contributed by atoms with van der Waals surface area (Å²) in [5, 5.41) is 2.18. The van der Waals surface area contributed by atoms with Gasteiger partial charge in [0, 0.05) is 12.6 Å². The highest BCUT2D eigenvalue weighted by atomic mass is 32.2. The van der Waals surface area contributed by atoms with Crippen LogP contribution < -0.4 is 10.0 Å². The fourth-order valence-corrected chi connectivity index (χ4v) is 4.39. The molecule has 0 radical (unpaired) electrons. The Morgan fingerprint density at radius 1 is 1.30 bits per heavy atom. The van der Waals surface area contributed by atoms with Crippen molar-refractivity contribution in [2.24, 2.45) is 0 Å². The van der Waals surface area contributed by atoms with Crippen LogP contribution in [0.5, 0.6) is 0 Å². The van der Waals surface area contributed by atoms with Gasteiger partial charge in [0.1, 0.15) is 12.4 Å². The standard InChI is InChI=1S/C19H26FN3O6S/c1-3-29-18(25)15-11-14(7-8-16(15)20)13(2)22-30(27,28)10-6-4-5-9-23-12-17(24)21-19(23)26/h7-8,11,13,22H,3-6,9-10,12H2,1-2H3,(H,21,24,26)/t13-/m1/s1. The lowest BCUT2D eigenvalue weighted by atomic mass is 10.1. The summed E-state index contributed by atoms with van der Waals surface area (Å²) >= 11 is 0. The summed E-state index contributed by atoms with van der Waals surface area (Å²) in [6.45, 7) is 3.72. The topological polar surface area (TPSA) is 122 Å². The summed E-state index contributed by atoms with van der Waals surface area (Å²) < 4.78 is 45.8. The van der Waals surface area contributed by atoms with E-state index in [1.165, 1.54) is 17.0 Å². The number of esters is 1. The molecule has 0 unspecified atom stereocenters. The first-order valence-corrected chi connectivity index (χ1v) is 11.3. The zero-order chi connectivity index (χ0) is 22.3. The maximum absolute atomic E-state index is 13.9. The van der Waals surface area contributed by atoms with Crippen molar-refractivity contribution < 1.29 is 31.9 Å². The zero-order valence-electron chi connectivity index (χ0n) is 16.9. The molecule has 1 heterocycles.